The van der Waals surface area contributed by atoms with E-state index in [-0.39, 0.29) is 6.04 Å². The fraction of sp³-hybridized carbons (Fsp3) is 0.538. The lowest BCUT2D eigenvalue weighted by molar-refractivity contribution is 0.131. The number of aliphatic hydroxyl groups is 1. The smallest absolute Gasteiger partial charge is 0.159 e. The van der Waals surface area contributed by atoms with Crippen LogP contribution in [0.3, 0.4) is 0 Å². The molecule has 17 heavy (non-hydrogen) atoms. The minimum Gasteiger partial charge on any atom is -0.392 e. The van der Waals surface area contributed by atoms with Crippen molar-refractivity contribution in [3.63, 3.8) is 0 Å². The van der Waals surface area contributed by atoms with E-state index in [1.807, 2.05) is 6.92 Å². The molecule has 2 unspecified atom stereocenters. The third-order valence-corrected chi connectivity index (χ3v) is 2.83. The van der Waals surface area contributed by atoms with Crippen LogP contribution in [0, 0.1) is 11.6 Å². The van der Waals surface area contributed by atoms with E-state index < -0.39 is 17.7 Å². The molecule has 0 spiro atoms. The summed E-state index contributed by atoms with van der Waals surface area (Å²) in [5, 5.41) is 9.74. The molecule has 0 aromatic heterocycles. The van der Waals surface area contributed by atoms with Crippen molar-refractivity contribution in [3.8, 4) is 0 Å². The molecule has 0 aliphatic heterocycles. The van der Waals surface area contributed by atoms with Gasteiger partial charge in [0.25, 0.3) is 0 Å². The predicted molar refractivity (Wildman–Crippen MR) is 63.6 cm³/mol. The van der Waals surface area contributed by atoms with Crippen LogP contribution in [0.25, 0.3) is 0 Å². The van der Waals surface area contributed by atoms with Gasteiger partial charge in [-0.2, -0.15) is 0 Å². The van der Waals surface area contributed by atoms with Gasteiger partial charge in [0.1, 0.15) is 0 Å². The van der Waals surface area contributed by atoms with Gasteiger partial charge in [0.15, 0.2) is 11.6 Å². The van der Waals surface area contributed by atoms with Gasteiger partial charge in [0.2, 0.25) is 0 Å². The molecule has 0 saturated heterocycles. The van der Waals surface area contributed by atoms with E-state index >= 15 is 0 Å². The van der Waals surface area contributed by atoms with Crippen LogP contribution in [-0.2, 0) is 6.42 Å². The minimum absolute atomic E-state index is 0.245. The fourth-order valence-electron chi connectivity index (χ4n) is 1.75. The maximum atomic E-state index is 12.9. The van der Waals surface area contributed by atoms with E-state index in [1.54, 1.807) is 0 Å². The number of nitrogens with two attached hydrogens (primary N) is 1. The van der Waals surface area contributed by atoms with Gasteiger partial charge in [-0.1, -0.05) is 19.4 Å². The molecular weight excluding hydrogens is 224 g/mol. The predicted octanol–water partition coefficient (Wildman–Crippen LogP) is 2.39. The first-order valence-electron chi connectivity index (χ1n) is 5.92. The van der Waals surface area contributed by atoms with Crippen LogP contribution < -0.4 is 5.73 Å². The summed E-state index contributed by atoms with van der Waals surface area (Å²) in [5.74, 6) is -1.70. The van der Waals surface area contributed by atoms with Crippen molar-refractivity contribution in [1.29, 1.82) is 0 Å². The molecule has 96 valence electrons. The molecule has 0 radical (unpaired) electrons. The Morgan fingerprint density at radius 2 is 1.94 bits per heavy atom. The molecule has 0 aliphatic rings. The van der Waals surface area contributed by atoms with Gasteiger partial charge >= 0.3 is 0 Å². The lowest BCUT2D eigenvalue weighted by atomic mass is 9.99. The summed E-state index contributed by atoms with van der Waals surface area (Å²) in [7, 11) is 0. The largest absolute Gasteiger partial charge is 0.392 e. The van der Waals surface area contributed by atoms with Crippen LogP contribution in [-0.4, -0.2) is 17.3 Å². The Bertz CT molecular complexity index is 357. The Balaban J connectivity index is 2.47. The van der Waals surface area contributed by atoms with Crippen LogP contribution in [0.2, 0.25) is 0 Å². The zero-order valence-corrected chi connectivity index (χ0v) is 10.00. The summed E-state index contributed by atoms with van der Waals surface area (Å²) in [6, 6.07) is 3.54. The number of rotatable bonds is 6. The lowest BCUT2D eigenvalue weighted by Gasteiger charge is -2.17. The maximum absolute atomic E-state index is 12.9. The number of halogens is 2. The average Bonchev–Trinajstić information content (AvgIpc) is 2.30. The third-order valence-electron chi connectivity index (χ3n) is 2.83. The average molecular weight is 243 g/mol. The molecule has 4 heteroatoms. The highest BCUT2D eigenvalue weighted by atomic mass is 19.2. The highest BCUT2D eigenvalue weighted by molar-refractivity contribution is 5.17. The van der Waals surface area contributed by atoms with Crippen LogP contribution in [0.1, 0.15) is 31.7 Å². The SMILES string of the molecule is CCCC(N)C(O)CCc1ccc(F)c(F)c1. The van der Waals surface area contributed by atoms with Crippen LogP contribution in [0.15, 0.2) is 18.2 Å². The Hall–Kier alpha value is -1.00. The number of aliphatic hydroxyl groups excluding tert-OH is 1. The molecule has 3 N–H and O–H groups in total. The van der Waals surface area contributed by atoms with Gasteiger partial charge in [-0.15, -0.1) is 0 Å². The summed E-state index contributed by atoms with van der Waals surface area (Å²) >= 11 is 0. The highest BCUT2D eigenvalue weighted by Crippen LogP contribution is 2.13. The summed E-state index contributed by atoms with van der Waals surface area (Å²) in [5.41, 5.74) is 6.43. The first-order valence-corrected chi connectivity index (χ1v) is 5.92. The number of hydrogen-bond acceptors (Lipinski definition) is 2. The summed E-state index contributed by atoms with van der Waals surface area (Å²) in [6.45, 7) is 2.00. The van der Waals surface area contributed by atoms with Crippen molar-refractivity contribution >= 4 is 0 Å². The molecule has 0 amide bonds. The Morgan fingerprint density at radius 3 is 2.53 bits per heavy atom. The second-order valence-electron chi connectivity index (χ2n) is 4.31. The molecule has 1 aromatic rings. The van der Waals surface area contributed by atoms with Crippen LogP contribution in [0.4, 0.5) is 8.78 Å². The lowest BCUT2D eigenvalue weighted by Crippen LogP contribution is -2.34. The molecule has 0 aliphatic carbocycles. The molecule has 0 fully saturated rings. The number of benzene rings is 1. The molecular formula is C13H19F2NO. The first kappa shape index (κ1) is 14.1. The van der Waals surface area contributed by atoms with Crippen LogP contribution >= 0.6 is 0 Å². The molecule has 1 aromatic carbocycles. The van der Waals surface area contributed by atoms with Crippen molar-refractivity contribution in [3.05, 3.63) is 35.4 Å². The normalized spacial score (nSPS) is 14.6. The number of hydrogen-bond donors (Lipinski definition) is 2. The van der Waals surface area contributed by atoms with Gasteiger partial charge < -0.3 is 10.8 Å². The van der Waals surface area contributed by atoms with Gasteiger partial charge in [0, 0.05) is 6.04 Å². The summed E-state index contributed by atoms with van der Waals surface area (Å²) in [6.07, 6.45) is 2.05. The van der Waals surface area contributed by atoms with E-state index in [0.29, 0.717) is 18.4 Å². The molecule has 0 saturated carbocycles. The van der Waals surface area contributed by atoms with Crippen molar-refractivity contribution in [2.45, 2.75) is 44.8 Å². The molecule has 0 bridgehead atoms. The van der Waals surface area contributed by atoms with Gasteiger partial charge in [0.05, 0.1) is 6.10 Å². The standard InChI is InChI=1S/C13H19F2NO/c1-2-3-12(16)13(17)7-5-9-4-6-10(14)11(15)8-9/h4,6,8,12-13,17H,2-3,5,7,16H2,1H3. The maximum Gasteiger partial charge on any atom is 0.159 e. The second-order valence-corrected chi connectivity index (χ2v) is 4.31. The summed E-state index contributed by atoms with van der Waals surface area (Å²) in [4.78, 5) is 0. The van der Waals surface area contributed by atoms with Crippen molar-refractivity contribution < 1.29 is 13.9 Å². The second kappa shape index (κ2) is 6.67. The summed E-state index contributed by atoms with van der Waals surface area (Å²) < 4.78 is 25.6. The quantitative estimate of drug-likeness (QED) is 0.805. The topological polar surface area (TPSA) is 46.2 Å². The van der Waals surface area contributed by atoms with Gasteiger partial charge in [-0.25, -0.2) is 8.78 Å². The Labute approximate surface area is 100 Å². The van der Waals surface area contributed by atoms with E-state index in [2.05, 4.69) is 0 Å². The van der Waals surface area contributed by atoms with Crippen molar-refractivity contribution in [2.75, 3.05) is 0 Å². The van der Waals surface area contributed by atoms with Crippen LogP contribution in [0.5, 0.6) is 0 Å². The molecule has 1 rings (SSSR count). The monoisotopic (exact) mass is 243 g/mol. The van der Waals surface area contributed by atoms with Crippen molar-refractivity contribution in [1.82, 2.24) is 0 Å². The molecule has 0 heterocycles. The van der Waals surface area contributed by atoms with Gasteiger partial charge in [-0.05, 0) is 37.0 Å². The minimum atomic E-state index is -0.852. The molecule has 2 atom stereocenters. The third kappa shape index (κ3) is 4.40. The zero-order chi connectivity index (χ0) is 12.8. The fourth-order valence-corrected chi connectivity index (χ4v) is 1.75. The Morgan fingerprint density at radius 1 is 1.24 bits per heavy atom. The zero-order valence-electron chi connectivity index (χ0n) is 10.00. The first-order chi connectivity index (χ1) is 8.04. The highest BCUT2D eigenvalue weighted by Gasteiger charge is 2.13. The molecule has 2 nitrogen and oxygen atoms in total. The van der Waals surface area contributed by atoms with E-state index in [9.17, 15) is 13.9 Å². The van der Waals surface area contributed by atoms with E-state index in [4.69, 9.17) is 5.73 Å². The number of aryl methyl sites for hydroxylation is 1. The van der Waals surface area contributed by atoms with E-state index in [0.717, 1.165) is 25.0 Å². The Kier molecular flexibility index (Phi) is 5.51. The van der Waals surface area contributed by atoms with E-state index in [1.165, 1.54) is 6.07 Å². The van der Waals surface area contributed by atoms with Crippen molar-refractivity contribution in [2.24, 2.45) is 5.73 Å². The van der Waals surface area contributed by atoms with Gasteiger partial charge in [-0.3, -0.25) is 0 Å².